The van der Waals surface area contributed by atoms with Gasteiger partial charge in [0.15, 0.2) is 0 Å². The predicted octanol–water partition coefficient (Wildman–Crippen LogP) is 1.71. The molecule has 2 atom stereocenters. The fourth-order valence-corrected chi connectivity index (χ4v) is 7.37. The van der Waals surface area contributed by atoms with Gasteiger partial charge < -0.3 is 26.0 Å². The first-order valence-electron chi connectivity index (χ1n) is 13.8. The summed E-state index contributed by atoms with van der Waals surface area (Å²) in [5.41, 5.74) is 1.36. The second kappa shape index (κ2) is 10.7. The Hall–Kier alpha value is -3.96. The minimum atomic E-state index is -0.760. The standard InChI is InChI=1S/C27H35N9O3/c37-22-3-1-16(2-4-22)8-23(32-25(39)27-10-17-5-18(11-27)7-19(6-17)12-27)24(38)31-21(9-20-13-28-15-30-20)14-29-26-33-35-36-34-26/h1-4,13,15,17-19,21,23,37H,5-12,14H2,(H,28,30)(H,31,38)(H,32,39)(H2,29,33,34,35,36). The van der Waals surface area contributed by atoms with Crippen LogP contribution in [-0.2, 0) is 22.4 Å². The number of imidazole rings is 1. The van der Waals surface area contributed by atoms with E-state index in [-0.39, 0.29) is 29.0 Å². The second-order valence-corrected chi connectivity index (χ2v) is 11.7. The van der Waals surface area contributed by atoms with Gasteiger partial charge in [0.2, 0.25) is 11.8 Å². The van der Waals surface area contributed by atoms with Crippen LogP contribution in [0.1, 0.15) is 49.8 Å². The van der Waals surface area contributed by atoms with E-state index in [1.165, 1.54) is 19.3 Å². The summed E-state index contributed by atoms with van der Waals surface area (Å²) in [6.45, 7) is 0.346. The van der Waals surface area contributed by atoms with Crippen molar-refractivity contribution >= 4 is 17.8 Å². The van der Waals surface area contributed by atoms with Gasteiger partial charge in [-0.15, -0.1) is 5.10 Å². The number of nitrogens with zero attached hydrogens (tertiary/aromatic N) is 4. The normalized spacial score (nSPS) is 26.6. The molecule has 0 saturated heterocycles. The molecule has 0 radical (unpaired) electrons. The van der Waals surface area contributed by atoms with E-state index in [1.54, 1.807) is 36.8 Å². The van der Waals surface area contributed by atoms with E-state index in [0.717, 1.165) is 30.5 Å². The van der Waals surface area contributed by atoms with Crippen molar-refractivity contribution in [1.82, 2.24) is 41.2 Å². The topological polar surface area (TPSA) is 174 Å². The summed E-state index contributed by atoms with van der Waals surface area (Å²) in [5, 5.41) is 32.9. The van der Waals surface area contributed by atoms with Gasteiger partial charge in [-0.1, -0.05) is 17.2 Å². The summed E-state index contributed by atoms with van der Waals surface area (Å²) in [5.74, 6) is 2.11. The summed E-state index contributed by atoms with van der Waals surface area (Å²) in [6, 6.07) is 5.67. The van der Waals surface area contributed by atoms with Gasteiger partial charge in [-0.25, -0.2) is 4.98 Å². The minimum absolute atomic E-state index is 0.00979. The number of aromatic amines is 2. The molecule has 0 aliphatic heterocycles. The number of hydrogen-bond donors (Lipinski definition) is 6. The number of phenolic OH excluding ortho intramolecular Hbond substituents is 1. The number of anilines is 1. The van der Waals surface area contributed by atoms with E-state index in [9.17, 15) is 14.7 Å². The van der Waals surface area contributed by atoms with Crippen LogP contribution >= 0.6 is 0 Å². The maximum Gasteiger partial charge on any atom is 0.263 e. The van der Waals surface area contributed by atoms with Crippen molar-refractivity contribution in [2.45, 2.75) is 63.5 Å². The monoisotopic (exact) mass is 533 g/mol. The fourth-order valence-electron chi connectivity index (χ4n) is 7.37. The van der Waals surface area contributed by atoms with Gasteiger partial charge in [0, 0.05) is 36.7 Å². The molecule has 4 aliphatic carbocycles. The summed E-state index contributed by atoms with van der Waals surface area (Å²) in [7, 11) is 0. The van der Waals surface area contributed by atoms with E-state index in [2.05, 4.69) is 46.5 Å². The van der Waals surface area contributed by atoms with Crippen LogP contribution in [0.2, 0.25) is 0 Å². The number of carbonyl (C=O) groups excluding carboxylic acids is 2. The van der Waals surface area contributed by atoms with E-state index < -0.39 is 6.04 Å². The molecule has 4 aliphatic rings. The molecule has 2 amide bonds. The molecule has 2 heterocycles. The highest BCUT2D eigenvalue weighted by Crippen LogP contribution is 2.60. The molecule has 2 aromatic heterocycles. The highest BCUT2D eigenvalue weighted by atomic mass is 16.3. The average Bonchev–Trinajstić information content (AvgIpc) is 3.62. The minimum Gasteiger partial charge on any atom is -0.508 e. The van der Waals surface area contributed by atoms with Crippen molar-refractivity contribution in [3.63, 3.8) is 0 Å². The molecule has 4 fully saturated rings. The lowest BCUT2D eigenvalue weighted by atomic mass is 9.49. The molecule has 7 rings (SSSR count). The van der Waals surface area contributed by atoms with Crippen LogP contribution < -0.4 is 16.0 Å². The third-order valence-electron chi connectivity index (χ3n) is 8.74. The molecule has 206 valence electrons. The molecular formula is C27H35N9O3. The molecule has 4 bridgehead atoms. The maximum absolute atomic E-state index is 13.9. The van der Waals surface area contributed by atoms with Crippen molar-refractivity contribution < 1.29 is 14.7 Å². The second-order valence-electron chi connectivity index (χ2n) is 11.7. The van der Waals surface area contributed by atoms with E-state index in [1.807, 2.05) is 0 Å². The molecule has 4 saturated carbocycles. The van der Waals surface area contributed by atoms with Gasteiger partial charge in [-0.3, -0.25) is 9.59 Å². The molecule has 3 aromatic rings. The highest BCUT2D eigenvalue weighted by molar-refractivity contribution is 5.90. The molecule has 12 nitrogen and oxygen atoms in total. The van der Waals surface area contributed by atoms with Gasteiger partial charge >= 0.3 is 0 Å². The Morgan fingerprint density at radius 2 is 1.74 bits per heavy atom. The zero-order valence-corrected chi connectivity index (χ0v) is 21.8. The van der Waals surface area contributed by atoms with Gasteiger partial charge in [-0.2, -0.15) is 5.21 Å². The Labute approximate surface area is 226 Å². The SMILES string of the molecule is O=C(NC(CNc1nn[nH]n1)Cc1cnc[nH]1)C(Cc1ccc(O)cc1)NC(=O)C12CC3CC(CC(C3)C1)C2. The first kappa shape index (κ1) is 25.3. The first-order chi connectivity index (χ1) is 18.9. The van der Waals surface area contributed by atoms with Gasteiger partial charge in [0.1, 0.15) is 11.8 Å². The zero-order valence-electron chi connectivity index (χ0n) is 21.8. The van der Waals surface area contributed by atoms with Crippen LogP contribution in [0.4, 0.5) is 5.95 Å². The Morgan fingerprint density at radius 3 is 2.36 bits per heavy atom. The van der Waals surface area contributed by atoms with Gasteiger partial charge in [0.25, 0.3) is 5.95 Å². The number of phenols is 1. The van der Waals surface area contributed by atoms with Crippen LogP contribution in [-0.4, -0.2) is 66.1 Å². The molecular weight excluding hydrogens is 498 g/mol. The zero-order chi connectivity index (χ0) is 26.8. The number of rotatable bonds is 11. The van der Waals surface area contributed by atoms with E-state index in [0.29, 0.717) is 43.1 Å². The predicted molar refractivity (Wildman–Crippen MR) is 141 cm³/mol. The first-order valence-corrected chi connectivity index (χ1v) is 13.8. The van der Waals surface area contributed by atoms with Crippen molar-refractivity contribution in [2.75, 3.05) is 11.9 Å². The highest BCUT2D eigenvalue weighted by Gasteiger charge is 2.55. The van der Waals surface area contributed by atoms with E-state index >= 15 is 0 Å². The number of benzene rings is 1. The molecule has 2 unspecified atom stereocenters. The molecule has 0 spiro atoms. The van der Waals surface area contributed by atoms with Crippen molar-refractivity contribution in [2.24, 2.45) is 23.2 Å². The fraction of sp³-hybridized carbons (Fsp3) is 0.556. The third kappa shape index (κ3) is 5.74. The third-order valence-corrected chi connectivity index (χ3v) is 8.74. The van der Waals surface area contributed by atoms with Gasteiger partial charge in [-0.05, 0) is 79.2 Å². The van der Waals surface area contributed by atoms with Crippen molar-refractivity contribution in [3.05, 3.63) is 48.0 Å². The number of aromatic hydroxyl groups is 1. The molecule has 6 N–H and O–H groups in total. The maximum atomic E-state index is 13.9. The van der Waals surface area contributed by atoms with Crippen LogP contribution in [0.15, 0.2) is 36.8 Å². The number of carbonyl (C=O) groups is 2. The summed E-state index contributed by atoms with van der Waals surface area (Å²) in [6.07, 6.45) is 10.6. The Bertz CT molecular complexity index is 1220. The number of nitrogens with one attached hydrogen (secondary N) is 5. The lowest BCUT2D eigenvalue weighted by Gasteiger charge is -2.55. The lowest BCUT2D eigenvalue weighted by Crippen LogP contribution is -2.58. The van der Waals surface area contributed by atoms with Gasteiger partial charge in [0.05, 0.1) is 12.4 Å². The number of H-pyrrole nitrogens is 2. The number of hydrogen-bond acceptors (Lipinski definition) is 8. The average molecular weight is 534 g/mol. The summed E-state index contributed by atoms with van der Waals surface area (Å²) < 4.78 is 0. The molecule has 39 heavy (non-hydrogen) atoms. The number of amides is 2. The Balaban J connectivity index is 1.19. The van der Waals surface area contributed by atoms with Crippen LogP contribution in [0.5, 0.6) is 5.75 Å². The smallest absolute Gasteiger partial charge is 0.263 e. The largest absolute Gasteiger partial charge is 0.508 e. The number of aromatic nitrogens is 6. The Kier molecular flexibility index (Phi) is 6.92. The number of tetrazole rings is 1. The van der Waals surface area contributed by atoms with Crippen molar-refractivity contribution in [3.8, 4) is 5.75 Å². The van der Waals surface area contributed by atoms with Crippen molar-refractivity contribution in [1.29, 1.82) is 0 Å². The molecule has 1 aromatic carbocycles. The van der Waals surface area contributed by atoms with E-state index in [4.69, 9.17) is 0 Å². The Morgan fingerprint density at radius 1 is 1.03 bits per heavy atom. The lowest BCUT2D eigenvalue weighted by molar-refractivity contribution is -0.148. The summed E-state index contributed by atoms with van der Waals surface area (Å²) >= 11 is 0. The van der Waals surface area contributed by atoms with Crippen LogP contribution in [0.3, 0.4) is 0 Å². The van der Waals surface area contributed by atoms with Crippen LogP contribution in [0, 0.1) is 23.2 Å². The summed E-state index contributed by atoms with van der Waals surface area (Å²) in [4.78, 5) is 34.9. The quantitative estimate of drug-likeness (QED) is 0.216. The molecule has 12 heteroatoms. The van der Waals surface area contributed by atoms with Crippen LogP contribution in [0.25, 0.3) is 0 Å².